The van der Waals surface area contributed by atoms with E-state index >= 15 is 0 Å². The van der Waals surface area contributed by atoms with Crippen molar-refractivity contribution in [3.63, 3.8) is 0 Å². The standard InChI is InChI=1S/C21H20Cl3N3O2S/c1-11(2)10-27-20(29)15-6-4-14(23)9-18(15)26-21(27)30-12(3)19(28)25-17-7-5-13(22)8-16(17)24/h4-9,11-12H,10H2,1-3H3,(H,25,28). The molecular formula is C21H20Cl3N3O2S. The highest BCUT2D eigenvalue weighted by Gasteiger charge is 2.21. The highest BCUT2D eigenvalue weighted by Crippen LogP contribution is 2.28. The molecule has 30 heavy (non-hydrogen) atoms. The zero-order valence-electron chi connectivity index (χ0n) is 16.6. The van der Waals surface area contributed by atoms with Gasteiger partial charge in [-0.1, -0.05) is 60.4 Å². The molecule has 2 aromatic carbocycles. The van der Waals surface area contributed by atoms with Crippen LogP contribution >= 0.6 is 46.6 Å². The van der Waals surface area contributed by atoms with Gasteiger partial charge in [-0.05, 0) is 49.2 Å². The summed E-state index contributed by atoms with van der Waals surface area (Å²) in [6.07, 6.45) is 0. The van der Waals surface area contributed by atoms with E-state index in [2.05, 4.69) is 10.3 Å². The molecule has 0 spiro atoms. The van der Waals surface area contributed by atoms with Crippen LogP contribution in [0.3, 0.4) is 0 Å². The first-order valence-corrected chi connectivity index (χ1v) is 11.3. The predicted molar refractivity (Wildman–Crippen MR) is 126 cm³/mol. The number of hydrogen-bond acceptors (Lipinski definition) is 4. The van der Waals surface area contributed by atoms with Gasteiger partial charge in [-0.3, -0.25) is 14.2 Å². The zero-order valence-corrected chi connectivity index (χ0v) is 19.7. The number of carbonyl (C=O) groups excluding carboxylic acids is 1. The average Bonchev–Trinajstić information content (AvgIpc) is 2.66. The smallest absolute Gasteiger partial charge is 0.262 e. The summed E-state index contributed by atoms with van der Waals surface area (Å²) in [4.78, 5) is 30.4. The minimum Gasteiger partial charge on any atom is -0.324 e. The molecule has 1 N–H and O–H groups in total. The predicted octanol–water partition coefficient (Wildman–Crippen LogP) is 6.13. The van der Waals surface area contributed by atoms with E-state index in [9.17, 15) is 9.59 Å². The Morgan fingerprint density at radius 3 is 2.43 bits per heavy atom. The Morgan fingerprint density at radius 2 is 1.77 bits per heavy atom. The number of aromatic nitrogens is 2. The second-order valence-corrected chi connectivity index (χ2v) is 9.83. The molecule has 0 aliphatic heterocycles. The topological polar surface area (TPSA) is 64.0 Å². The lowest BCUT2D eigenvalue weighted by molar-refractivity contribution is -0.115. The van der Waals surface area contributed by atoms with Gasteiger partial charge in [0.25, 0.3) is 5.56 Å². The number of benzene rings is 2. The quantitative estimate of drug-likeness (QED) is 0.337. The summed E-state index contributed by atoms with van der Waals surface area (Å²) < 4.78 is 1.62. The van der Waals surface area contributed by atoms with E-state index in [1.165, 1.54) is 11.8 Å². The average molecular weight is 485 g/mol. The number of rotatable bonds is 6. The molecule has 1 atom stereocenters. The third-order valence-electron chi connectivity index (χ3n) is 4.27. The van der Waals surface area contributed by atoms with Crippen molar-refractivity contribution < 1.29 is 4.79 Å². The number of hydrogen-bond donors (Lipinski definition) is 1. The lowest BCUT2D eigenvalue weighted by Gasteiger charge is -2.18. The van der Waals surface area contributed by atoms with Gasteiger partial charge in [0.15, 0.2) is 5.16 Å². The van der Waals surface area contributed by atoms with E-state index < -0.39 is 5.25 Å². The van der Waals surface area contributed by atoms with Crippen LogP contribution in [0.5, 0.6) is 0 Å². The van der Waals surface area contributed by atoms with Crippen molar-refractivity contribution in [2.45, 2.75) is 37.7 Å². The number of amides is 1. The largest absolute Gasteiger partial charge is 0.324 e. The number of halogens is 3. The van der Waals surface area contributed by atoms with Gasteiger partial charge in [0.05, 0.1) is 26.9 Å². The fourth-order valence-electron chi connectivity index (χ4n) is 2.83. The summed E-state index contributed by atoms with van der Waals surface area (Å²) in [5.74, 6) is -0.0358. The molecule has 0 aliphatic rings. The van der Waals surface area contributed by atoms with Crippen molar-refractivity contribution in [1.82, 2.24) is 9.55 Å². The van der Waals surface area contributed by atoms with Crippen LogP contribution in [-0.2, 0) is 11.3 Å². The molecule has 0 saturated heterocycles. The highest BCUT2D eigenvalue weighted by atomic mass is 35.5. The summed E-state index contributed by atoms with van der Waals surface area (Å²) >= 11 is 19.3. The Balaban J connectivity index is 1.92. The minimum absolute atomic E-state index is 0.152. The van der Waals surface area contributed by atoms with Gasteiger partial charge in [-0.25, -0.2) is 4.98 Å². The lowest BCUT2D eigenvalue weighted by atomic mass is 10.2. The van der Waals surface area contributed by atoms with E-state index in [4.69, 9.17) is 34.8 Å². The molecule has 1 amide bonds. The number of nitrogens with zero attached hydrogens (tertiary/aromatic N) is 2. The summed E-state index contributed by atoms with van der Waals surface area (Å²) in [7, 11) is 0. The van der Waals surface area contributed by atoms with Gasteiger partial charge >= 0.3 is 0 Å². The monoisotopic (exact) mass is 483 g/mol. The first-order chi connectivity index (χ1) is 14.2. The number of carbonyl (C=O) groups is 1. The third kappa shape index (κ3) is 5.30. The van der Waals surface area contributed by atoms with Crippen molar-refractivity contribution in [3.8, 4) is 0 Å². The van der Waals surface area contributed by atoms with Crippen molar-refractivity contribution in [3.05, 3.63) is 61.8 Å². The van der Waals surface area contributed by atoms with Crippen LogP contribution in [0.15, 0.2) is 46.3 Å². The number of anilines is 1. The van der Waals surface area contributed by atoms with Gasteiger partial charge < -0.3 is 5.32 Å². The van der Waals surface area contributed by atoms with Crippen molar-refractivity contribution in [1.29, 1.82) is 0 Å². The fourth-order valence-corrected chi connectivity index (χ4v) is 4.37. The van der Waals surface area contributed by atoms with Crippen LogP contribution in [0.2, 0.25) is 15.1 Å². The molecule has 0 bridgehead atoms. The van der Waals surface area contributed by atoms with Gasteiger partial charge in [-0.15, -0.1) is 0 Å². The SMILES string of the molecule is CC(C)Cn1c(SC(C)C(=O)Nc2ccc(Cl)cc2Cl)nc2cc(Cl)ccc2c1=O. The fraction of sp³-hybridized carbons (Fsp3) is 0.286. The molecule has 5 nitrogen and oxygen atoms in total. The van der Waals surface area contributed by atoms with Crippen LogP contribution in [0.25, 0.3) is 10.9 Å². The van der Waals surface area contributed by atoms with E-state index in [0.717, 1.165) is 0 Å². The first kappa shape index (κ1) is 22.9. The zero-order chi connectivity index (χ0) is 22.0. The molecular weight excluding hydrogens is 465 g/mol. The van der Waals surface area contributed by atoms with Gasteiger partial charge in [-0.2, -0.15) is 0 Å². The second-order valence-electron chi connectivity index (χ2n) is 7.24. The first-order valence-electron chi connectivity index (χ1n) is 9.28. The van der Waals surface area contributed by atoms with E-state index in [1.54, 1.807) is 47.9 Å². The molecule has 158 valence electrons. The van der Waals surface area contributed by atoms with Crippen LogP contribution in [0, 0.1) is 5.92 Å². The summed E-state index contributed by atoms with van der Waals surface area (Å²) in [6.45, 7) is 6.28. The van der Waals surface area contributed by atoms with Gasteiger partial charge in [0, 0.05) is 16.6 Å². The lowest BCUT2D eigenvalue weighted by Crippen LogP contribution is -2.28. The van der Waals surface area contributed by atoms with Crippen LogP contribution in [0.4, 0.5) is 5.69 Å². The van der Waals surface area contributed by atoms with E-state index in [0.29, 0.717) is 43.4 Å². The molecule has 0 radical (unpaired) electrons. The summed E-state index contributed by atoms with van der Waals surface area (Å²) in [6, 6.07) is 9.86. The van der Waals surface area contributed by atoms with Crippen molar-refractivity contribution in [2.24, 2.45) is 5.92 Å². The maximum atomic E-state index is 13.1. The molecule has 9 heteroatoms. The Labute approximate surface area is 193 Å². The van der Waals surface area contributed by atoms with E-state index in [-0.39, 0.29) is 17.4 Å². The molecule has 1 unspecified atom stereocenters. The Hall–Kier alpha value is -1.73. The number of thioether (sulfide) groups is 1. The molecule has 0 aliphatic carbocycles. The Kier molecular flexibility index (Phi) is 7.34. The number of nitrogens with one attached hydrogen (secondary N) is 1. The molecule has 1 heterocycles. The Bertz CT molecular complexity index is 1160. The molecule has 0 fully saturated rings. The van der Waals surface area contributed by atoms with E-state index in [1.807, 2.05) is 13.8 Å². The Morgan fingerprint density at radius 1 is 1.10 bits per heavy atom. The van der Waals surface area contributed by atoms with Crippen LogP contribution in [0.1, 0.15) is 20.8 Å². The van der Waals surface area contributed by atoms with Gasteiger partial charge in [0.2, 0.25) is 5.91 Å². The third-order valence-corrected chi connectivity index (χ3v) is 6.14. The van der Waals surface area contributed by atoms with Crippen molar-refractivity contribution >= 4 is 69.1 Å². The number of fused-ring (bicyclic) bond motifs is 1. The maximum absolute atomic E-state index is 13.1. The van der Waals surface area contributed by atoms with Crippen LogP contribution < -0.4 is 10.9 Å². The maximum Gasteiger partial charge on any atom is 0.262 e. The normalized spacial score (nSPS) is 12.4. The molecule has 3 aromatic rings. The molecule has 0 saturated carbocycles. The summed E-state index contributed by atoms with van der Waals surface area (Å²) in [5.41, 5.74) is 0.820. The van der Waals surface area contributed by atoms with Gasteiger partial charge in [0.1, 0.15) is 0 Å². The second kappa shape index (κ2) is 9.60. The van der Waals surface area contributed by atoms with Crippen molar-refractivity contribution in [2.75, 3.05) is 5.32 Å². The summed E-state index contributed by atoms with van der Waals surface area (Å²) in [5, 5.41) is 4.55. The molecule has 3 rings (SSSR count). The molecule has 1 aromatic heterocycles. The van der Waals surface area contributed by atoms with Crippen LogP contribution in [-0.4, -0.2) is 20.7 Å². The highest BCUT2D eigenvalue weighted by molar-refractivity contribution is 8.00. The minimum atomic E-state index is -0.529.